The minimum absolute atomic E-state index is 0.105. The van der Waals surface area contributed by atoms with E-state index in [0.29, 0.717) is 0 Å². The van der Waals surface area contributed by atoms with E-state index >= 15 is 0 Å². The number of hydrogen-bond acceptors (Lipinski definition) is 4. The van der Waals surface area contributed by atoms with Gasteiger partial charge in [-0.2, -0.15) is 0 Å². The first-order chi connectivity index (χ1) is 29.9. The molecular weight excluding hydrogens is 782 g/mol. The van der Waals surface area contributed by atoms with Gasteiger partial charge in [0.05, 0.1) is 16.1 Å². The van der Waals surface area contributed by atoms with Crippen LogP contribution in [0.15, 0.2) is 182 Å². The van der Waals surface area contributed by atoms with Gasteiger partial charge in [-0.25, -0.2) is 0 Å². The van der Waals surface area contributed by atoms with Crippen molar-refractivity contribution in [1.82, 2.24) is 0 Å². The Morgan fingerprint density at radius 3 is 1.02 bits per heavy atom. The molecule has 2 aliphatic heterocycles. The summed E-state index contributed by atoms with van der Waals surface area (Å²) in [5.41, 5.74) is 32.1. The first-order valence-electron chi connectivity index (χ1n) is 21.7. The van der Waals surface area contributed by atoms with Crippen LogP contribution in [0, 0.1) is 0 Å². The number of fused-ring (bicyclic) bond motifs is 6. The number of nitrogen functional groups attached to an aromatic ring is 2. The minimum Gasteiger partial charge on any atom is -0.420 e. The first-order valence-corrected chi connectivity index (χ1v) is 28.7. The van der Waals surface area contributed by atoms with Crippen molar-refractivity contribution in [3.05, 3.63) is 182 Å². The van der Waals surface area contributed by atoms with Gasteiger partial charge < -0.3 is 21.9 Å². The lowest BCUT2D eigenvalue weighted by Gasteiger charge is -2.33. The van der Waals surface area contributed by atoms with Gasteiger partial charge in [0, 0.05) is 45.0 Å². The third-order valence-electron chi connectivity index (χ3n) is 12.4. The second-order valence-corrected chi connectivity index (χ2v) is 28.8. The minimum atomic E-state index is -1.63. The van der Waals surface area contributed by atoms with Crippen molar-refractivity contribution in [3.63, 3.8) is 0 Å². The lowest BCUT2D eigenvalue weighted by Crippen LogP contribution is -2.55. The molecule has 4 nitrogen and oxygen atoms in total. The van der Waals surface area contributed by atoms with Crippen LogP contribution in [0.1, 0.15) is 0 Å². The lowest BCUT2D eigenvalue weighted by atomic mass is 9.43. The van der Waals surface area contributed by atoms with Crippen molar-refractivity contribution >= 4 is 84.8 Å². The van der Waals surface area contributed by atoms with Crippen molar-refractivity contribution in [1.29, 1.82) is 0 Å². The van der Waals surface area contributed by atoms with Crippen LogP contribution in [-0.4, -0.2) is 29.8 Å². The monoisotopic (exact) mass is 836 g/mol. The fraction of sp³-hybridized carbons (Fsp3) is 0.111. The van der Waals surface area contributed by atoms with Crippen LogP contribution in [-0.2, 0) is 0 Å². The molecule has 304 valence electrons. The molecule has 0 saturated carbocycles. The van der Waals surface area contributed by atoms with Gasteiger partial charge >= 0.3 is 13.7 Å². The fourth-order valence-electron chi connectivity index (χ4n) is 9.32. The molecule has 0 saturated heterocycles. The van der Waals surface area contributed by atoms with E-state index in [4.69, 9.17) is 11.5 Å². The Morgan fingerprint density at radius 1 is 0.339 bits per heavy atom. The average molecular weight is 837 g/mol. The van der Waals surface area contributed by atoms with Gasteiger partial charge in [-0.15, -0.1) is 0 Å². The number of para-hydroxylation sites is 4. The largest absolute Gasteiger partial charge is 0.420 e. The van der Waals surface area contributed by atoms with Gasteiger partial charge in [0.2, 0.25) is 0 Å². The summed E-state index contributed by atoms with van der Waals surface area (Å²) in [4.78, 5) is 0. The smallest absolute Gasteiger partial charge is 0.321 e. The molecular formula is C54H54B2N4Si2. The third-order valence-corrected chi connectivity index (χ3v) is 16.5. The Morgan fingerprint density at radius 2 is 0.661 bits per heavy atom. The second-order valence-electron chi connectivity index (χ2n) is 18.7. The van der Waals surface area contributed by atoms with E-state index in [2.05, 4.69) is 207 Å². The number of nitrogens with two attached hydrogens (primary N) is 2. The quantitative estimate of drug-likeness (QED) is 0.0996. The van der Waals surface area contributed by atoms with E-state index in [-0.39, 0.29) is 13.7 Å². The zero-order valence-corrected chi connectivity index (χ0v) is 38.6. The highest BCUT2D eigenvalue weighted by Crippen LogP contribution is 2.36. The van der Waals surface area contributed by atoms with Crippen molar-refractivity contribution in [2.24, 2.45) is 0 Å². The zero-order chi connectivity index (χ0) is 43.2. The number of nitrogens with one attached hydrogen (secondary N) is 2. The molecule has 2 aliphatic rings. The summed E-state index contributed by atoms with van der Waals surface area (Å²) in [5, 5.41) is 10.5. The molecule has 2 heterocycles. The predicted octanol–water partition coefficient (Wildman–Crippen LogP) is 9.36. The lowest BCUT2D eigenvalue weighted by molar-refractivity contribution is 1.55. The summed E-state index contributed by atoms with van der Waals surface area (Å²) in [6, 6.07) is 65.1. The SMILES string of the molecule is C[Si](C)(C)c1cc(-c2ccccc2N)c([Si](C)(C)C)cc1-c1ccccc1N.c1ccc(B2Nc3ccccc3-c3cc4c(cc32)-c2ccccc2NB4c2ccccc2)cc1. The highest BCUT2D eigenvalue weighted by atomic mass is 28.3. The molecule has 0 fully saturated rings. The van der Waals surface area contributed by atoms with E-state index < -0.39 is 16.1 Å². The van der Waals surface area contributed by atoms with Crippen molar-refractivity contribution in [2.75, 3.05) is 21.9 Å². The van der Waals surface area contributed by atoms with Crippen molar-refractivity contribution in [2.45, 2.75) is 39.3 Å². The maximum Gasteiger partial charge on any atom is 0.321 e. The van der Waals surface area contributed by atoms with Crippen LogP contribution in [0.5, 0.6) is 0 Å². The van der Waals surface area contributed by atoms with Gasteiger partial charge in [-0.3, -0.25) is 0 Å². The molecule has 8 aromatic carbocycles. The van der Waals surface area contributed by atoms with Crippen molar-refractivity contribution < 1.29 is 0 Å². The van der Waals surface area contributed by atoms with E-state index in [1.165, 1.54) is 77.0 Å². The number of anilines is 4. The molecule has 0 atom stereocenters. The molecule has 0 bridgehead atoms. The Kier molecular flexibility index (Phi) is 10.8. The van der Waals surface area contributed by atoms with Crippen LogP contribution in [0.3, 0.4) is 0 Å². The summed E-state index contributed by atoms with van der Waals surface area (Å²) in [5.74, 6) is 0. The second kappa shape index (κ2) is 16.4. The molecule has 8 heteroatoms. The summed E-state index contributed by atoms with van der Waals surface area (Å²) in [6.07, 6.45) is 0. The molecule has 10 rings (SSSR count). The van der Waals surface area contributed by atoms with Crippen LogP contribution >= 0.6 is 0 Å². The molecule has 0 aromatic heterocycles. The highest BCUT2D eigenvalue weighted by molar-refractivity contribution is 6.92. The third kappa shape index (κ3) is 7.81. The fourth-order valence-corrected chi connectivity index (χ4v) is 12.5. The molecule has 62 heavy (non-hydrogen) atoms. The number of benzene rings is 8. The molecule has 8 aromatic rings. The maximum atomic E-state index is 6.40. The normalized spacial score (nSPS) is 12.7. The van der Waals surface area contributed by atoms with E-state index in [1.54, 1.807) is 0 Å². The predicted molar refractivity (Wildman–Crippen MR) is 280 cm³/mol. The molecule has 0 spiro atoms. The Bertz CT molecular complexity index is 2720. The van der Waals surface area contributed by atoms with Gasteiger partial charge in [0.1, 0.15) is 0 Å². The number of rotatable bonds is 6. The zero-order valence-electron chi connectivity index (χ0n) is 36.6. The summed E-state index contributed by atoms with van der Waals surface area (Å²) in [6.45, 7) is 14.6. The van der Waals surface area contributed by atoms with E-state index in [9.17, 15) is 0 Å². The standard InChI is InChI=1S/C30H22B2N2.C24H32N2Si2/c1-3-11-21(12-4-1)31-27-19-26-24-16-8-10-18-30(24)34-32(22-13-5-2-6-14-22)28(26)20-25(27)23-15-7-9-17-29(23)33-31;1-27(2,3)23-15-20(18-12-8-10-14-22(18)26)24(28(4,5)6)16-19(23)17-11-7-9-13-21(17)25/h1-20,33-34H;7-16H,25-26H2,1-6H3. The van der Waals surface area contributed by atoms with Gasteiger partial charge in [-0.05, 0) is 57.4 Å². The Labute approximate surface area is 370 Å². The number of hydrogen-bond donors (Lipinski definition) is 4. The topological polar surface area (TPSA) is 76.1 Å². The summed E-state index contributed by atoms with van der Waals surface area (Å²) in [7, 11) is -3.26. The van der Waals surface area contributed by atoms with Gasteiger partial charge in [-0.1, -0.05) is 218 Å². The van der Waals surface area contributed by atoms with Gasteiger partial charge in [0.25, 0.3) is 0 Å². The molecule has 0 radical (unpaired) electrons. The van der Waals surface area contributed by atoms with Crippen LogP contribution in [0.4, 0.5) is 22.7 Å². The molecule has 0 aliphatic carbocycles. The van der Waals surface area contributed by atoms with Crippen LogP contribution < -0.4 is 54.1 Å². The van der Waals surface area contributed by atoms with Crippen LogP contribution in [0.25, 0.3) is 44.5 Å². The first kappa shape index (κ1) is 40.9. The Balaban J connectivity index is 0.000000162. The molecule has 0 amide bonds. The average Bonchev–Trinajstić information content (AvgIpc) is 3.28. The van der Waals surface area contributed by atoms with E-state index in [0.717, 1.165) is 22.5 Å². The van der Waals surface area contributed by atoms with E-state index in [1.807, 2.05) is 24.3 Å². The Hall–Kier alpha value is -6.48. The highest BCUT2D eigenvalue weighted by Gasteiger charge is 2.36. The van der Waals surface area contributed by atoms with Crippen molar-refractivity contribution in [3.8, 4) is 44.5 Å². The molecule has 0 unspecified atom stereocenters. The summed E-state index contributed by atoms with van der Waals surface area (Å²) >= 11 is 0. The maximum absolute atomic E-state index is 6.40. The molecule has 6 N–H and O–H groups in total. The van der Waals surface area contributed by atoms with Crippen LogP contribution in [0.2, 0.25) is 39.3 Å². The van der Waals surface area contributed by atoms with Gasteiger partial charge in [0.15, 0.2) is 0 Å². The summed E-state index contributed by atoms with van der Waals surface area (Å²) < 4.78 is 0.